The molecule has 1 aromatic carbocycles. The normalized spacial score (nSPS) is 12.8. The van der Waals surface area contributed by atoms with Crippen LogP contribution in [-0.2, 0) is 14.3 Å². The number of benzene rings is 1. The molecule has 6 heteroatoms. The van der Waals surface area contributed by atoms with E-state index in [0.29, 0.717) is 0 Å². The Balaban J connectivity index is 0.00000400. The number of esters is 1. The number of hydrogen-bond acceptors (Lipinski definition) is 4. The van der Waals surface area contributed by atoms with Crippen LogP contribution in [0.15, 0.2) is 24.3 Å². The lowest BCUT2D eigenvalue weighted by Crippen LogP contribution is -2.39. The van der Waals surface area contributed by atoms with Gasteiger partial charge in [0.15, 0.2) is 0 Å². The molecule has 21 heavy (non-hydrogen) atoms. The lowest BCUT2D eigenvalue weighted by atomic mass is 10.0. The van der Waals surface area contributed by atoms with Gasteiger partial charge in [-0.3, -0.25) is 9.59 Å². The number of carbonyl (C=O) groups excluding carboxylic acids is 2. The Morgan fingerprint density at radius 1 is 1.29 bits per heavy atom. The molecule has 0 bridgehead atoms. The second-order valence-corrected chi connectivity index (χ2v) is 5.03. The summed E-state index contributed by atoms with van der Waals surface area (Å²) in [6.07, 6.45) is 0. The minimum Gasteiger partial charge on any atom is -0.469 e. The van der Waals surface area contributed by atoms with Gasteiger partial charge in [0.05, 0.1) is 13.0 Å². The molecule has 0 heterocycles. The van der Waals surface area contributed by atoms with E-state index < -0.39 is 6.04 Å². The zero-order chi connectivity index (χ0) is 15.3. The highest BCUT2D eigenvalue weighted by atomic mass is 35.5. The minimum absolute atomic E-state index is 0. The second kappa shape index (κ2) is 8.64. The average Bonchev–Trinajstić information content (AvgIpc) is 2.45. The van der Waals surface area contributed by atoms with E-state index in [9.17, 15) is 9.59 Å². The summed E-state index contributed by atoms with van der Waals surface area (Å²) >= 11 is 0. The van der Waals surface area contributed by atoms with Gasteiger partial charge in [-0.25, -0.2) is 0 Å². The van der Waals surface area contributed by atoms with Crippen LogP contribution in [0.25, 0.3) is 0 Å². The smallest absolute Gasteiger partial charge is 0.310 e. The fourth-order valence-corrected chi connectivity index (χ4v) is 1.93. The molecule has 0 fully saturated rings. The quantitative estimate of drug-likeness (QED) is 0.839. The molecule has 0 saturated carbocycles. The van der Waals surface area contributed by atoms with Gasteiger partial charge in [-0.1, -0.05) is 36.8 Å². The number of nitrogens with zero attached hydrogens (tertiary/aromatic N) is 1. The van der Waals surface area contributed by atoms with Gasteiger partial charge in [-0.2, -0.15) is 0 Å². The number of ether oxygens (including phenoxy) is 1. The molecule has 1 rings (SSSR count). The van der Waals surface area contributed by atoms with Crippen molar-refractivity contribution in [2.45, 2.75) is 19.9 Å². The average molecular weight is 315 g/mol. The molecule has 0 aromatic heterocycles. The summed E-state index contributed by atoms with van der Waals surface area (Å²) in [5, 5.41) is 0. The summed E-state index contributed by atoms with van der Waals surface area (Å²) in [5.74, 6) is -0.933. The van der Waals surface area contributed by atoms with Gasteiger partial charge < -0.3 is 15.4 Å². The summed E-state index contributed by atoms with van der Waals surface area (Å²) in [5.41, 5.74) is 7.84. The zero-order valence-corrected chi connectivity index (χ0v) is 13.6. The molecule has 0 aliphatic heterocycles. The van der Waals surface area contributed by atoms with E-state index in [4.69, 9.17) is 5.73 Å². The van der Waals surface area contributed by atoms with E-state index in [2.05, 4.69) is 4.74 Å². The van der Waals surface area contributed by atoms with Gasteiger partial charge in [0.2, 0.25) is 5.91 Å². The van der Waals surface area contributed by atoms with Gasteiger partial charge in [0.25, 0.3) is 0 Å². The molecular weight excluding hydrogens is 292 g/mol. The van der Waals surface area contributed by atoms with Crippen molar-refractivity contribution < 1.29 is 14.3 Å². The first-order valence-corrected chi connectivity index (χ1v) is 6.51. The second-order valence-electron chi connectivity index (χ2n) is 5.03. The first-order valence-electron chi connectivity index (χ1n) is 6.51. The minimum atomic E-state index is -0.717. The van der Waals surface area contributed by atoms with E-state index >= 15 is 0 Å². The third-order valence-corrected chi connectivity index (χ3v) is 3.23. The molecule has 5 nitrogen and oxygen atoms in total. The van der Waals surface area contributed by atoms with Crippen LogP contribution in [-0.4, -0.2) is 37.5 Å². The van der Waals surface area contributed by atoms with Crippen molar-refractivity contribution in [1.82, 2.24) is 4.90 Å². The number of hydrogen-bond donors (Lipinski definition) is 1. The van der Waals surface area contributed by atoms with Crippen molar-refractivity contribution in [1.29, 1.82) is 0 Å². The largest absolute Gasteiger partial charge is 0.469 e. The van der Waals surface area contributed by atoms with Crippen molar-refractivity contribution in [3.05, 3.63) is 35.4 Å². The molecule has 0 aliphatic rings. The number of aryl methyl sites for hydroxylation is 1. The topological polar surface area (TPSA) is 72.6 Å². The van der Waals surface area contributed by atoms with Gasteiger partial charge in [-0.15, -0.1) is 12.4 Å². The van der Waals surface area contributed by atoms with Crippen LogP contribution >= 0.6 is 12.4 Å². The molecule has 1 aromatic rings. The first-order chi connectivity index (χ1) is 9.36. The summed E-state index contributed by atoms with van der Waals surface area (Å²) in [7, 11) is 2.97. The summed E-state index contributed by atoms with van der Waals surface area (Å²) in [4.78, 5) is 25.0. The maximum atomic E-state index is 12.2. The van der Waals surface area contributed by atoms with Crippen LogP contribution in [0.4, 0.5) is 0 Å². The van der Waals surface area contributed by atoms with Crippen LogP contribution < -0.4 is 5.73 Å². The Hall–Kier alpha value is -1.59. The number of nitrogens with two attached hydrogens (primary N) is 1. The lowest BCUT2D eigenvalue weighted by Gasteiger charge is -2.23. The molecule has 2 atom stereocenters. The van der Waals surface area contributed by atoms with E-state index in [1.165, 1.54) is 12.0 Å². The number of halogens is 1. The van der Waals surface area contributed by atoms with Crippen LogP contribution in [0, 0.1) is 12.8 Å². The van der Waals surface area contributed by atoms with Crippen LogP contribution in [0.2, 0.25) is 0 Å². The van der Waals surface area contributed by atoms with Crippen molar-refractivity contribution in [3.8, 4) is 0 Å². The Morgan fingerprint density at radius 3 is 2.29 bits per heavy atom. The van der Waals surface area contributed by atoms with Crippen molar-refractivity contribution in [3.63, 3.8) is 0 Å². The monoisotopic (exact) mass is 314 g/mol. The van der Waals surface area contributed by atoms with Crippen LogP contribution in [0.1, 0.15) is 24.1 Å². The van der Waals surface area contributed by atoms with E-state index in [1.54, 1.807) is 14.0 Å². The third-order valence-electron chi connectivity index (χ3n) is 3.23. The highest BCUT2D eigenvalue weighted by Gasteiger charge is 2.23. The van der Waals surface area contributed by atoms with Crippen molar-refractivity contribution >= 4 is 24.3 Å². The summed E-state index contributed by atoms with van der Waals surface area (Å²) < 4.78 is 4.64. The summed E-state index contributed by atoms with van der Waals surface area (Å²) in [6.45, 7) is 3.97. The van der Waals surface area contributed by atoms with Gasteiger partial charge in [0.1, 0.15) is 6.04 Å². The Bertz CT molecular complexity index is 476. The maximum absolute atomic E-state index is 12.2. The molecule has 1 amide bonds. The lowest BCUT2D eigenvalue weighted by molar-refractivity contribution is -0.146. The molecule has 2 unspecified atom stereocenters. The number of amides is 1. The van der Waals surface area contributed by atoms with Crippen LogP contribution in [0.3, 0.4) is 0 Å². The number of rotatable bonds is 5. The highest BCUT2D eigenvalue weighted by molar-refractivity contribution is 5.85. The predicted molar refractivity (Wildman–Crippen MR) is 84.2 cm³/mol. The fraction of sp³-hybridized carbons (Fsp3) is 0.467. The molecular formula is C15H23ClN2O3. The fourth-order valence-electron chi connectivity index (χ4n) is 1.93. The number of methoxy groups -OCH3 is 1. The maximum Gasteiger partial charge on any atom is 0.310 e. The van der Waals surface area contributed by atoms with Crippen LogP contribution in [0.5, 0.6) is 0 Å². The first kappa shape index (κ1) is 19.4. The molecule has 0 saturated heterocycles. The summed E-state index contributed by atoms with van der Waals surface area (Å²) in [6, 6.07) is 6.80. The van der Waals surface area contributed by atoms with E-state index in [1.807, 2.05) is 31.2 Å². The Morgan fingerprint density at radius 2 is 1.81 bits per heavy atom. The van der Waals surface area contributed by atoms with E-state index in [0.717, 1.165) is 11.1 Å². The standard InChI is InChI=1S/C15H22N2O3.ClH/c1-10-5-7-12(8-6-10)13(16)14(18)17(3)9-11(2)15(19)20-4;/h5-8,11,13H,9,16H2,1-4H3;1H. The highest BCUT2D eigenvalue weighted by Crippen LogP contribution is 2.14. The Kier molecular flexibility index (Phi) is 7.99. The number of carbonyl (C=O) groups is 2. The number of likely N-dealkylation sites (N-methyl/N-ethyl adjacent to an activating group) is 1. The molecule has 0 spiro atoms. The van der Waals surface area contributed by atoms with Crippen molar-refractivity contribution in [2.75, 3.05) is 20.7 Å². The molecule has 0 radical (unpaired) electrons. The Labute approximate surface area is 131 Å². The van der Waals surface area contributed by atoms with E-state index in [-0.39, 0.29) is 36.7 Å². The van der Waals surface area contributed by atoms with Gasteiger partial charge in [-0.05, 0) is 12.5 Å². The SMILES string of the molecule is COC(=O)C(C)CN(C)C(=O)C(N)c1ccc(C)cc1.Cl. The van der Waals surface area contributed by atoms with Gasteiger partial charge >= 0.3 is 5.97 Å². The predicted octanol–water partition coefficient (Wildman–Crippen LogP) is 1.68. The zero-order valence-electron chi connectivity index (χ0n) is 12.8. The molecule has 118 valence electrons. The molecule has 0 aliphatic carbocycles. The van der Waals surface area contributed by atoms with Crippen molar-refractivity contribution in [2.24, 2.45) is 11.7 Å². The molecule has 2 N–H and O–H groups in total. The third kappa shape index (κ3) is 5.36. The van der Waals surface area contributed by atoms with Gasteiger partial charge in [0, 0.05) is 13.6 Å².